The van der Waals surface area contributed by atoms with Crippen LogP contribution in [0.4, 0.5) is 0 Å². The van der Waals surface area contributed by atoms with Crippen LogP contribution in [0.5, 0.6) is 0 Å². The molecule has 9 rings (SSSR count). The highest BCUT2D eigenvalue weighted by Crippen LogP contribution is 2.43. The lowest BCUT2D eigenvalue weighted by Crippen LogP contribution is -1.95. The summed E-state index contributed by atoms with van der Waals surface area (Å²) in [6, 6.07) is 46.0. The number of nitrogens with zero attached hydrogens (tertiary/aromatic N) is 5. The van der Waals surface area contributed by atoms with E-state index < -0.39 is 0 Å². The summed E-state index contributed by atoms with van der Waals surface area (Å²) in [5, 5.41) is 5.59. The first-order chi connectivity index (χ1) is 22.8. The lowest BCUT2D eigenvalue weighted by atomic mass is 9.88. The maximum atomic E-state index is 5.13. The van der Waals surface area contributed by atoms with Crippen LogP contribution in [0.3, 0.4) is 0 Å². The van der Waals surface area contributed by atoms with Gasteiger partial charge in [0.05, 0.1) is 39.3 Å². The van der Waals surface area contributed by atoms with Crippen LogP contribution in [0.1, 0.15) is 0 Å². The molecule has 0 saturated heterocycles. The molecular weight excluding hydrogens is 562 g/mol. The Bertz CT molecular complexity index is 2520. The second-order valence-electron chi connectivity index (χ2n) is 11.3. The van der Waals surface area contributed by atoms with E-state index in [2.05, 4.69) is 94.9 Å². The first-order valence-electron chi connectivity index (χ1n) is 15.3. The maximum absolute atomic E-state index is 5.13. The SMILES string of the molecule is c1ccc(-c2cc(-c3ccc(-c4c5ccccc5nc5c4ccc4cccnc45)c4ccccc34)cc(-c3ccccn3)n2)nc1. The fourth-order valence-corrected chi connectivity index (χ4v) is 6.53. The van der Waals surface area contributed by atoms with Gasteiger partial charge in [0.15, 0.2) is 0 Å². The van der Waals surface area contributed by atoms with Crippen LogP contribution in [0.25, 0.3) is 88.5 Å². The summed E-state index contributed by atoms with van der Waals surface area (Å²) >= 11 is 0. The summed E-state index contributed by atoms with van der Waals surface area (Å²) in [7, 11) is 0. The van der Waals surface area contributed by atoms with E-state index in [0.717, 1.165) is 88.5 Å². The van der Waals surface area contributed by atoms with Crippen molar-refractivity contribution in [3.8, 4) is 45.0 Å². The van der Waals surface area contributed by atoms with Crippen molar-refractivity contribution in [2.75, 3.05) is 0 Å². The summed E-state index contributed by atoms with van der Waals surface area (Å²) in [5.74, 6) is 0. The molecule has 5 nitrogen and oxygen atoms in total. The van der Waals surface area contributed by atoms with Crippen molar-refractivity contribution in [3.63, 3.8) is 0 Å². The Hall–Kier alpha value is -6.33. The van der Waals surface area contributed by atoms with Gasteiger partial charge in [-0.15, -0.1) is 0 Å². The van der Waals surface area contributed by atoms with Crippen LogP contribution in [0.15, 0.2) is 152 Å². The Morgan fingerprint density at radius 2 is 1.00 bits per heavy atom. The maximum Gasteiger partial charge on any atom is 0.0978 e. The van der Waals surface area contributed by atoms with Crippen LogP contribution in [0, 0.1) is 0 Å². The Kier molecular flexibility index (Phi) is 6.06. The molecule has 0 fully saturated rings. The molecule has 214 valence electrons. The van der Waals surface area contributed by atoms with Crippen molar-refractivity contribution in [1.29, 1.82) is 0 Å². The first kappa shape index (κ1) is 26.1. The van der Waals surface area contributed by atoms with Gasteiger partial charge in [0.1, 0.15) is 0 Å². The van der Waals surface area contributed by atoms with E-state index in [1.165, 1.54) is 0 Å². The Labute approximate surface area is 264 Å². The molecule has 5 aromatic heterocycles. The number of benzene rings is 4. The molecule has 0 spiro atoms. The Morgan fingerprint density at radius 3 is 1.72 bits per heavy atom. The van der Waals surface area contributed by atoms with E-state index in [4.69, 9.17) is 15.0 Å². The molecule has 0 N–H and O–H groups in total. The summed E-state index contributed by atoms with van der Waals surface area (Å²) in [4.78, 5) is 24.1. The first-order valence-corrected chi connectivity index (χ1v) is 15.3. The fraction of sp³-hybridized carbons (Fsp3) is 0. The van der Waals surface area contributed by atoms with Crippen molar-refractivity contribution in [3.05, 3.63) is 152 Å². The molecule has 0 aliphatic carbocycles. The van der Waals surface area contributed by atoms with Gasteiger partial charge in [-0.3, -0.25) is 15.0 Å². The van der Waals surface area contributed by atoms with Crippen LogP contribution in [-0.2, 0) is 0 Å². The van der Waals surface area contributed by atoms with Gasteiger partial charge < -0.3 is 0 Å². The van der Waals surface area contributed by atoms with Gasteiger partial charge in [-0.2, -0.15) is 0 Å². The molecule has 0 radical (unpaired) electrons. The zero-order chi connectivity index (χ0) is 30.5. The summed E-state index contributed by atoms with van der Waals surface area (Å²) in [5.41, 5.74) is 10.5. The van der Waals surface area contributed by atoms with Gasteiger partial charge in [-0.05, 0) is 76.0 Å². The molecule has 0 amide bonds. The number of fused-ring (bicyclic) bond motifs is 5. The van der Waals surface area contributed by atoms with E-state index in [9.17, 15) is 0 Å². The monoisotopic (exact) mass is 587 g/mol. The lowest BCUT2D eigenvalue weighted by molar-refractivity contribution is 1.22. The third-order valence-electron chi connectivity index (χ3n) is 8.61. The van der Waals surface area contributed by atoms with Crippen molar-refractivity contribution in [1.82, 2.24) is 24.9 Å². The van der Waals surface area contributed by atoms with E-state index in [1.54, 1.807) is 12.4 Å². The predicted molar refractivity (Wildman–Crippen MR) is 187 cm³/mol. The van der Waals surface area contributed by atoms with Crippen molar-refractivity contribution < 1.29 is 0 Å². The van der Waals surface area contributed by atoms with E-state index >= 15 is 0 Å². The zero-order valence-electron chi connectivity index (χ0n) is 24.7. The second kappa shape index (κ2) is 10.7. The zero-order valence-corrected chi connectivity index (χ0v) is 24.7. The Balaban J connectivity index is 1.33. The highest BCUT2D eigenvalue weighted by Gasteiger charge is 2.18. The minimum Gasteiger partial charge on any atom is -0.255 e. The van der Waals surface area contributed by atoms with Crippen LogP contribution < -0.4 is 0 Å². The molecule has 9 aromatic rings. The highest BCUT2D eigenvalue weighted by molar-refractivity contribution is 6.20. The molecule has 0 aliphatic heterocycles. The molecule has 0 unspecified atom stereocenters. The van der Waals surface area contributed by atoms with Gasteiger partial charge in [0.25, 0.3) is 0 Å². The van der Waals surface area contributed by atoms with Crippen LogP contribution in [-0.4, -0.2) is 24.9 Å². The van der Waals surface area contributed by atoms with Gasteiger partial charge in [-0.1, -0.05) is 84.9 Å². The molecule has 4 aromatic carbocycles. The van der Waals surface area contributed by atoms with Gasteiger partial charge in [0.2, 0.25) is 0 Å². The molecular formula is C41H25N5. The second-order valence-corrected chi connectivity index (χ2v) is 11.3. The largest absolute Gasteiger partial charge is 0.255 e. The molecule has 5 heterocycles. The van der Waals surface area contributed by atoms with Crippen LogP contribution in [0.2, 0.25) is 0 Å². The molecule has 0 saturated carbocycles. The number of para-hydroxylation sites is 1. The van der Waals surface area contributed by atoms with Crippen molar-refractivity contribution in [2.45, 2.75) is 0 Å². The van der Waals surface area contributed by atoms with Crippen LogP contribution >= 0.6 is 0 Å². The predicted octanol–water partition coefficient (Wildman–Crippen LogP) is 9.94. The number of rotatable bonds is 4. The highest BCUT2D eigenvalue weighted by atomic mass is 14.8. The van der Waals surface area contributed by atoms with E-state index in [-0.39, 0.29) is 0 Å². The topological polar surface area (TPSA) is 64.5 Å². The van der Waals surface area contributed by atoms with Gasteiger partial charge in [0, 0.05) is 40.3 Å². The average molecular weight is 588 g/mol. The third kappa shape index (κ3) is 4.29. The fourth-order valence-electron chi connectivity index (χ4n) is 6.53. The number of hydrogen-bond donors (Lipinski definition) is 0. The quantitative estimate of drug-likeness (QED) is 0.151. The molecule has 5 heteroatoms. The Morgan fingerprint density at radius 1 is 0.370 bits per heavy atom. The van der Waals surface area contributed by atoms with Gasteiger partial charge in [-0.25, -0.2) is 9.97 Å². The third-order valence-corrected chi connectivity index (χ3v) is 8.61. The van der Waals surface area contributed by atoms with Gasteiger partial charge >= 0.3 is 0 Å². The average Bonchev–Trinajstić information content (AvgIpc) is 3.14. The number of aromatic nitrogens is 5. The van der Waals surface area contributed by atoms with E-state index in [0.29, 0.717) is 0 Å². The smallest absolute Gasteiger partial charge is 0.0978 e. The minimum absolute atomic E-state index is 0.803. The summed E-state index contributed by atoms with van der Waals surface area (Å²) in [6.45, 7) is 0. The van der Waals surface area contributed by atoms with Crippen molar-refractivity contribution in [2.24, 2.45) is 0 Å². The number of hydrogen-bond acceptors (Lipinski definition) is 5. The molecule has 0 bridgehead atoms. The normalized spacial score (nSPS) is 11.5. The summed E-state index contributed by atoms with van der Waals surface area (Å²) < 4.78 is 0. The molecule has 0 atom stereocenters. The van der Waals surface area contributed by atoms with E-state index in [1.807, 2.05) is 54.7 Å². The van der Waals surface area contributed by atoms with Crippen molar-refractivity contribution >= 4 is 43.5 Å². The minimum atomic E-state index is 0.803. The standard InChI is InChI=1S/C41H25N5/c1-2-12-30-29(11-1)28(27-24-37(35-15-5-7-21-42-35)45-38(25-27)36-16-6-8-22-43-36)19-20-31(30)39-32-13-3-4-14-34(32)46-41-33(39)18-17-26-10-9-23-44-40(26)41/h1-25H. The lowest BCUT2D eigenvalue weighted by Gasteiger charge is -2.17. The number of pyridine rings is 5. The summed E-state index contributed by atoms with van der Waals surface area (Å²) in [6.07, 6.45) is 5.45. The molecule has 46 heavy (non-hydrogen) atoms. The molecule has 0 aliphatic rings.